The summed E-state index contributed by atoms with van der Waals surface area (Å²) in [4.78, 5) is 12.3. The minimum Gasteiger partial charge on any atom is -0.495 e. The normalized spacial score (nSPS) is 11.8. The van der Waals surface area contributed by atoms with E-state index in [1.807, 2.05) is 51.1 Å². The average Bonchev–Trinajstić information content (AvgIpc) is 2.59. The maximum absolute atomic E-state index is 12.7. The molecule has 2 aromatic carbocycles. The first-order valence-electron chi connectivity index (χ1n) is 8.16. The molecule has 2 aromatic rings. The first-order valence-corrected chi connectivity index (χ1v) is 9.65. The van der Waals surface area contributed by atoms with Crippen LogP contribution in [0.15, 0.2) is 53.4 Å². The average molecular weight is 376 g/mol. The van der Waals surface area contributed by atoms with E-state index in [0.717, 1.165) is 5.56 Å². The van der Waals surface area contributed by atoms with Crippen molar-refractivity contribution in [3.63, 3.8) is 0 Å². The first kappa shape index (κ1) is 19.9. The monoisotopic (exact) mass is 376 g/mol. The van der Waals surface area contributed by atoms with E-state index in [0.29, 0.717) is 0 Å². The molecule has 0 bridgehead atoms. The van der Waals surface area contributed by atoms with Crippen molar-refractivity contribution in [1.82, 2.24) is 10.0 Å². The second kappa shape index (κ2) is 7.88. The quantitative estimate of drug-likeness (QED) is 0.812. The number of hydrogen-bond donors (Lipinski definition) is 2. The number of carbonyl (C=O) groups excluding carboxylic acids is 1. The lowest BCUT2D eigenvalue weighted by Gasteiger charge is -2.21. The summed E-state index contributed by atoms with van der Waals surface area (Å²) >= 11 is 0. The van der Waals surface area contributed by atoms with Gasteiger partial charge in [0.25, 0.3) is 5.91 Å². The van der Waals surface area contributed by atoms with Gasteiger partial charge in [0.2, 0.25) is 10.0 Å². The molecule has 6 nitrogen and oxygen atoms in total. The highest BCUT2D eigenvalue weighted by Crippen LogP contribution is 2.25. The number of carbonyl (C=O) groups is 1. The van der Waals surface area contributed by atoms with Crippen LogP contribution < -0.4 is 14.8 Å². The zero-order valence-corrected chi connectivity index (χ0v) is 16.2. The fourth-order valence-electron chi connectivity index (χ4n) is 2.29. The molecule has 1 amide bonds. The number of hydrogen-bond acceptors (Lipinski definition) is 4. The first-order chi connectivity index (χ1) is 12.1. The number of methoxy groups -OCH3 is 1. The number of nitrogens with one attached hydrogen (secondary N) is 2. The van der Waals surface area contributed by atoms with Gasteiger partial charge < -0.3 is 10.1 Å². The Balaban J connectivity index is 2.30. The fraction of sp³-hybridized carbons (Fsp3) is 0.316. The maximum Gasteiger partial charge on any atom is 0.251 e. The molecule has 0 unspecified atom stereocenters. The molecule has 0 heterocycles. The van der Waals surface area contributed by atoms with Gasteiger partial charge in [-0.15, -0.1) is 0 Å². The fourth-order valence-corrected chi connectivity index (χ4v) is 3.50. The SMILES string of the molecule is COc1ccc(C(=O)NC(C)(C)C)cc1S(=O)(=O)NCc1ccccc1. The van der Waals surface area contributed by atoms with Crippen LogP contribution >= 0.6 is 0 Å². The second-order valence-electron chi connectivity index (χ2n) is 6.88. The van der Waals surface area contributed by atoms with Crippen molar-refractivity contribution in [2.45, 2.75) is 37.8 Å². The molecule has 0 spiro atoms. The lowest BCUT2D eigenvalue weighted by atomic mass is 10.1. The van der Waals surface area contributed by atoms with Gasteiger partial charge in [0.05, 0.1) is 7.11 Å². The van der Waals surface area contributed by atoms with E-state index in [4.69, 9.17) is 4.74 Å². The van der Waals surface area contributed by atoms with Crippen LogP contribution in [-0.4, -0.2) is 27.0 Å². The van der Waals surface area contributed by atoms with E-state index in [1.165, 1.54) is 25.3 Å². The molecule has 0 aromatic heterocycles. The third-order valence-electron chi connectivity index (χ3n) is 3.51. The summed E-state index contributed by atoms with van der Waals surface area (Å²) in [7, 11) is -2.47. The highest BCUT2D eigenvalue weighted by atomic mass is 32.2. The molecule has 2 N–H and O–H groups in total. The lowest BCUT2D eigenvalue weighted by Crippen LogP contribution is -2.40. The van der Waals surface area contributed by atoms with Crippen LogP contribution in [0, 0.1) is 0 Å². The Morgan fingerprint density at radius 2 is 1.73 bits per heavy atom. The van der Waals surface area contributed by atoms with Gasteiger partial charge in [0, 0.05) is 17.6 Å². The van der Waals surface area contributed by atoms with Crippen molar-refractivity contribution < 1.29 is 17.9 Å². The number of benzene rings is 2. The third-order valence-corrected chi connectivity index (χ3v) is 4.94. The molecular weight excluding hydrogens is 352 g/mol. The summed E-state index contributed by atoms with van der Waals surface area (Å²) in [5.41, 5.74) is 0.652. The topological polar surface area (TPSA) is 84.5 Å². The minimum absolute atomic E-state index is 0.0718. The Morgan fingerprint density at radius 1 is 1.08 bits per heavy atom. The van der Waals surface area contributed by atoms with Crippen LogP contribution in [0.1, 0.15) is 36.7 Å². The van der Waals surface area contributed by atoms with E-state index < -0.39 is 15.6 Å². The van der Waals surface area contributed by atoms with Gasteiger partial charge in [-0.25, -0.2) is 13.1 Å². The minimum atomic E-state index is -3.86. The Hall–Kier alpha value is -2.38. The summed E-state index contributed by atoms with van der Waals surface area (Å²) < 4.78 is 33.2. The van der Waals surface area contributed by atoms with Crippen LogP contribution in [0.25, 0.3) is 0 Å². The zero-order valence-electron chi connectivity index (χ0n) is 15.4. The Kier molecular flexibility index (Phi) is 6.05. The van der Waals surface area contributed by atoms with Gasteiger partial charge in [-0.2, -0.15) is 0 Å². The van der Waals surface area contributed by atoms with Gasteiger partial charge in [-0.3, -0.25) is 4.79 Å². The highest BCUT2D eigenvalue weighted by Gasteiger charge is 2.23. The van der Waals surface area contributed by atoms with Crippen molar-refractivity contribution in [3.8, 4) is 5.75 Å². The smallest absolute Gasteiger partial charge is 0.251 e. The van der Waals surface area contributed by atoms with E-state index >= 15 is 0 Å². The Labute approximate surface area is 154 Å². The molecule has 0 fully saturated rings. The third kappa shape index (κ3) is 5.31. The predicted molar refractivity (Wildman–Crippen MR) is 101 cm³/mol. The highest BCUT2D eigenvalue weighted by molar-refractivity contribution is 7.89. The molecule has 0 radical (unpaired) electrons. The van der Waals surface area contributed by atoms with E-state index in [2.05, 4.69) is 10.0 Å². The van der Waals surface area contributed by atoms with Gasteiger partial charge >= 0.3 is 0 Å². The van der Waals surface area contributed by atoms with E-state index in [-0.39, 0.29) is 28.7 Å². The Bertz CT molecular complexity index is 872. The van der Waals surface area contributed by atoms with Crippen LogP contribution in [0.5, 0.6) is 5.75 Å². The van der Waals surface area contributed by atoms with Crippen molar-refractivity contribution in [1.29, 1.82) is 0 Å². The molecular formula is C19H24N2O4S. The standard InChI is InChI=1S/C19H24N2O4S/c1-19(2,3)21-18(22)15-10-11-16(25-4)17(12-15)26(23,24)20-13-14-8-6-5-7-9-14/h5-12,20H,13H2,1-4H3,(H,21,22). The summed E-state index contributed by atoms with van der Waals surface area (Å²) in [6.45, 7) is 5.71. The zero-order chi connectivity index (χ0) is 19.4. The predicted octanol–water partition coefficient (Wildman–Crippen LogP) is 2.70. The molecule has 0 aliphatic heterocycles. The van der Waals surface area contributed by atoms with E-state index in [9.17, 15) is 13.2 Å². The number of rotatable bonds is 6. The van der Waals surface area contributed by atoms with Gasteiger partial charge in [-0.05, 0) is 44.5 Å². The molecule has 2 rings (SSSR count). The molecule has 26 heavy (non-hydrogen) atoms. The van der Waals surface area contributed by atoms with Crippen molar-refractivity contribution in [3.05, 3.63) is 59.7 Å². The summed E-state index contributed by atoms with van der Waals surface area (Å²) in [6, 6.07) is 13.5. The van der Waals surface area contributed by atoms with Crippen molar-refractivity contribution in [2.75, 3.05) is 7.11 Å². The summed E-state index contributed by atoms with van der Waals surface area (Å²) in [6.07, 6.45) is 0. The van der Waals surface area contributed by atoms with E-state index in [1.54, 1.807) is 0 Å². The van der Waals surface area contributed by atoms with Gasteiger partial charge in [-0.1, -0.05) is 30.3 Å². The van der Waals surface area contributed by atoms with Gasteiger partial charge in [0.15, 0.2) is 0 Å². The molecule has 0 saturated carbocycles. The maximum atomic E-state index is 12.7. The summed E-state index contributed by atoms with van der Waals surface area (Å²) in [5, 5.41) is 2.81. The number of ether oxygens (including phenoxy) is 1. The molecule has 0 aliphatic rings. The van der Waals surface area contributed by atoms with Gasteiger partial charge in [0.1, 0.15) is 10.6 Å². The van der Waals surface area contributed by atoms with Crippen molar-refractivity contribution >= 4 is 15.9 Å². The van der Waals surface area contributed by atoms with Crippen LogP contribution in [-0.2, 0) is 16.6 Å². The summed E-state index contributed by atoms with van der Waals surface area (Å²) in [5.74, 6) is -0.169. The molecule has 0 aliphatic carbocycles. The molecule has 7 heteroatoms. The molecule has 0 saturated heterocycles. The lowest BCUT2D eigenvalue weighted by molar-refractivity contribution is 0.0919. The largest absolute Gasteiger partial charge is 0.495 e. The molecule has 0 atom stereocenters. The second-order valence-corrected chi connectivity index (χ2v) is 8.62. The van der Waals surface area contributed by atoms with Crippen LogP contribution in [0.4, 0.5) is 0 Å². The number of sulfonamides is 1. The van der Waals surface area contributed by atoms with Crippen molar-refractivity contribution in [2.24, 2.45) is 0 Å². The van der Waals surface area contributed by atoms with Crippen LogP contribution in [0.3, 0.4) is 0 Å². The Morgan fingerprint density at radius 3 is 2.31 bits per heavy atom. The number of amides is 1. The van der Waals surface area contributed by atoms with Crippen LogP contribution in [0.2, 0.25) is 0 Å². The molecule has 140 valence electrons.